The van der Waals surface area contributed by atoms with Crippen molar-refractivity contribution in [1.82, 2.24) is 0 Å². The van der Waals surface area contributed by atoms with Crippen LogP contribution in [-0.2, 0) is 4.74 Å². The van der Waals surface area contributed by atoms with Crippen LogP contribution in [0.25, 0.3) is 0 Å². The maximum absolute atomic E-state index is 5.55. The Morgan fingerprint density at radius 3 is 2.36 bits per heavy atom. The number of hydrogen-bond acceptors (Lipinski definition) is 1. The summed E-state index contributed by atoms with van der Waals surface area (Å²) in [5.41, 5.74) is 0. The lowest BCUT2D eigenvalue weighted by Crippen LogP contribution is -2.13. The molecule has 0 aliphatic heterocycles. The predicted octanol–water partition coefficient (Wildman–Crippen LogP) is 4.02. The third kappa shape index (κ3) is 4.99. The molecule has 0 unspecified atom stereocenters. The van der Waals surface area contributed by atoms with Crippen molar-refractivity contribution in [2.45, 2.75) is 65.4 Å². The van der Waals surface area contributed by atoms with Gasteiger partial charge in [-0.2, -0.15) is 0 Å². The molecular formula is C13H26O. The highest BCUT2D eigenvalue weighted by Gasteiger charge is 2.17. The SMILES string of the molecule is CC1CCC(CCCOC(C)C)CC1. The van der Waals surface area contributed by atoms with Gasteiger partial charge in [0.1, 0.15) is 0 Å². The normalized spacial score (nSPS) is 28.3. The number of hydrogen-bond donors (Lipinski definition) is 0. The molecule has 84 valence electrons. The maximum atomic E-state index is 5.55. The first-order valence-corrected chi connectivity index (χ1v) is 6.30. The Labute approximate surface area is 89.2 Å². The summed E-state index contributed by atoms with van der Waals surface area (Å²) in [6, 6.07) is 0. The lowest BCUT2D eigenvalue weighted by Gasteiger charge is -2.26. The van der Waals surface area contributed by atoms with Gasteiger partial charge in [0.25, 0.3) is 0 Å². The fourth-order valence-corrected chi connectivity index (χ4v) is 2.31. The van der Waals surface area contributed by atoms with Gasteiger partial charge in [-0.1, -0.05) is 32.6 Å². The Morgan fingerprint density at radius 2 is 1.79 bits per heavy atom. The van der Waals surface area contributed by atoms with E-state index in [4.69, 9.17) is 4.74 Å². The molecule has 0 aromatic rings. The van der Waals surface area contributed by atoms with E-state index in [0.717, 1.165) is 18.4 Å². The molecular weight excluding hydrogens is 172 g/mol. The lowest BCUT2D eigenvalue weighted by molar-refractivity contribution is 0.0719. The Hall–Kier alpha value is -0.0400. The Kier molecular flexibility index (Phi) is 5.54. The van der Waals surface area contributed by atoms with Crippen molar-refractivity contribution in [3.8, 4) is 0 Å². The van der Waals surface area contributed by atoms with Gasteiger partial charge in [-0.15, -0.1) is 0 Å². The Balaban J connectivity index is 1.96. The quantitative estimate of drug-likeness (QED) is 0.606. The molecule has 1 heteroatoms. The first-order valence-electron chi connectivity index (χ1n) is 6.30. The summed E-state index contributed by atoms with van der Waals surface area (Å²) in [6.07, 6.45) is 8.88. The molecule has 1 rings (SSSR count). The second-order valence-corrected chi connectivity index (χ2v) is 5.19. The van der Waals surface area contributed by atoms with Crippen molar-refractivity contribution in [3.05, 3.63) is 0 Å². The second-order valence-electron chi connectivity index (χ2n) is 5.19. The molecule has 1 saturated carbocycles. The largest absolute Gasteiger partial charge is 0.379 e. The van der Waals surface area contributed by atoms with E-state index in [-0.39, 0.29) is 0 Å². The van der Waals surface area contributed by atoms with E-state index in [1.807, 2.05) is 0 Å². The van der Waals surface area contributed by atoms with Crippen LogP contribution in [0.3, 0.4) is 0 Å². The van der Waals surface area contributed by atoms with Crippen LogP contribution < -0.4 is 0 Å². The van der Waals surface area contributed by atoms with Crippen molar-refractivity contribution >= 4 is 0 Å². The lowest BCUT2D eigenvalue weighted by atomic mass is 9.81. The van der Waals surface area contributed by atoms with Gasteiger partial charge in [-0.25, -0.2) is 0 Å². The van der Waals surface area contributed by atoms with E-state index in [1.54, 1.807) is 0 Å². The van der Waals surface area contributed by atoms with Gasteiger partial charge in [0.2, 0.25) is 0 Å². The zero-order valence-electron chi connectivity index (χ0n) is 10.1. The zero-order chi connectivity index (χ0) is 10.4. The van der Waals surface area contributed by atoms with Crippen LogP contribution in [0.5, 0.6) is 0 Å². The van der Waals surface area contributed by atoms with Crippen molar-refractivity contribution < 1.29 is 4.74 Å². The van der Waals surface area contributed by atoms with Crippen LogP contribution in [0.4, 0.5) is 0 Å². The summed E-state index contributed by atoms with van der Waals surface area (Å²) in [4.78, 5) is 0. The van der Waals surface area contributed by atoms with E-state index in [2.05, 4.69) is 20.8 Å². The average molecular weight is 198 g/mol. The van der Waals surface area contributed by atoms with E-state index in [9.17, 15) is 0 Å². The van der Waals surface area contributed by atoms with Crippen molar-refractivity contribution in [2.24, 2.45) is 11.8 Å². The monoisotopic (exact) mass is 198 g/mol. The molecule has 0 radical (unpaired) electrons. The van der Waals surface area contributed by atoms with Gasteiger partial charge < -0.3 is 4.74 Å². The molecule has 1 aliphatic carbocycles. The summed E-state index contributed by atoms with van der Waals surface area (Å²) >= 11 is 0. The summed E-state index contributed by atoms with van der Waals surface area (Å²) in [5.74, 6) is 1.99. The van der Waals surface area contributed by atoms with Crippen LogP contribution in [0, 0.1) is 11.8 Å². The highest BCUT2D eigenvalue weighted by Crippen LogP contribution is 2.30. The molecule has 0 spiro atoms. The third-order valence-electron chi connectivity index (χ3n) is 3.34. The standard InChI is InChI=1S/C13H26O/c1-11(2)14-10-4-5-13-8-6-12(3)7-9-13/h11-13H,4-10H2,1-3H3. The topological polar surface area (TPSA) is 9.23 Å². The molecule has 14 heavy (non-hydrogen) atoms. The van der Waals surface area contributed by atoms with Crippen molar-refractivity contribution in [2.75, 3.05) is 6.61 Å². The summed E-state index contributed by atoms with van der Waals surface area (Å²) in [7, 11) is 0. The summed E-state index contributed by atoms with van der Waals surface area (Å²) in [6.45, 7) is 7.58. The first kappa shape index (κ1) is 12.0. The molecule has 1 nitrogen and oxygen atoms in total. The van der Waals surface area contributed by atoms with Gasteiger partial charge in [-0.3, -0.25) is 0 Å². The molecule has 0 atom stereocenters. The van der Waals surface area contributed by atoms with Crippen molar-refractivity contribution in [3.63, 3.8) is 0 Å². The van der Waals surface area contributed by atoms with Gasteiger partial charge in [0, 0.05) is 6.61 Å². The summed E-state index contributed by atoms with van der Waals surface area (Å²) in [5, 5.41) is 0. The average Bonchev–Trinajstić information content (AvgIpc) is 2.15. The van der Waals surface area contributed by atoms with Crippen LogP contribution in [0.15, 0.2) is 0 Å². The van der Waals surface area contributed by atoms with Gasteiger partial charge >= 0.3 is 0 Å². The molecule has 0 heterocycles. The fraction of sp³-hybridized carbons (Fsp3) is 1.00. The molecule has 0 amide bonds. The number of rotatable bonds is 5. The number of ether oxygens (including phenoxy) is 1. The minimum atomic E-state index is 0.404. The first-order chi connectivity index (χ1) is 6.68. The molecule has 0 aromatic heterocycles. The smallest absolute Gasteiger partial charge is 0.0518 e. The van der Waals surface area contributed by atoms with E-state index in [1.165, 1.54) is 38.5 Å². The summed E-state index contributed by atoms with van der Waals surface area (Å²) < 4.78 is 5.55. The minimum absolute atomic E-state index is 0.404. The van der Waals surface area contributed by atoms with E-state index < -0.39 is 0 Å². The van der Waals surface area contributed by atoms with Crippen molar-refractivity contribution in [1.29, 1.82) is 0 Å². The van der Waals surface area contributed by atoms with Crippen LogP contribution >= 0.6 is 0 Å². The molecule has 0 saturated heterocycles. The van der Waals surface area contributed by atoms with Gasteiger partial charge in [0.05, 0.1) is 6.10 Å². The minimum Gasteiger partial charge on any atom is -0.379 e. The van der Waals surface area contributed by atoms with Gasteiger partial charge in [-0.05, 0) is 38.5 Å². The van der Waals surface area contributed by atoms with Crippen LogP contribution in [-0.4, -0.2) is 12.7 Å². The van der Waals surface area contributed by atoms with E-state index >= 15 is 0 Å². The fourth-order valence-electron chi connectivity index (χ4n) is 2.31. The zero-order valence-corrected chi connectivity index (χ0v) is 10.1. The van der Waals surface area contributed by atoms with E-state index in [0.29, 0.717) is 6.10 Å². The van der Waals surface area contributed by atoms with Gasteiger partial charge in [0.15, 0.2) is 0 Å². The second kappa shape index (κ2) is 6.44. The maximum Gasteiger partial charge on any atom is 0.0518 e. The Morgan fingerprint density at radius 1 is 1.14 bits per heavy atom. The molecule has 1 fully saturated rings. The molecule has 0 N–H and O–H groups in total. The van der Waals surface area contributed by atoms with Crippen LogP contribution in [0.1, 0.15) is 59.3 Å². The van der Waals surface area contributed by atoms with Crippen LogP contribution in [0.2, 0.25) is 0 Å². The molecule has 0 aromatic carbocycles. The highest BCUT2D eigenvalue weighted by atomic mass is 16.5. The molecule has 0 bridgehead atoms. The third-order valence-corrected chi connectivity index (χ3v) is 3.34. The predicted molar refractivity (Wildman–Crippen MR) is 61.4 cm³/mol. The molecule has 1 aliphatic rings. The highest BCUT2D eigenvalue weighted by molar-refractivity contribution is 4.69. The Bertz CT molecular complexity index is 134.